The summed E-state index contributed by atoms with van der Waals surface area (Å²) in [5.41, 5.74) is 3.60. The highest BCUT2D eigenvalue weighted by Crippen LogP contribution is 2.43. The van der Waals surface area contributed by atoms with E-state index in [1.165, 1.54) is 31.1 Å². The molecule has 0 aliphatic carbocycles. The summed E-state index contributed by atoms with van der Waals surface area (Å²) in [4.78, 5) is 0. The van der Waals surface area contributed by atoms with Gasteiger partial charge in [-0.15, -0.1) is 11.3 Å². The molecule has 0 radical (unpaired) electrons. The summed E-state index contributed by atoms with van der Waals surface area (Å²) in [7, 11) is 0. The summed E-state index contributed by atoms with van der Waals surface area (Å²) in [5, 5.41) is 2.49. The van der Waals surface area contributed by atoms with Gasteiger partial charge in [0.05, 0.1) is 5.76 Å². The Morgan fingerprint density at radius 3 is 2.59 bits per heavy atom. The first-order valence-electron chi connectivity index (χ1n) is 10.1. The molecular formula is C25H19BO2S. The van der Waals surface area contributed by atoms with Crippen molar-refractivity contribution in [2.24, 2.45) is 0 Å². The van der Waals surface area contributed by atoms with Crippen LogP contribution in [-0.4, -0.2) is 6.71 Å². The predicted octanol–water partition coefficient (Wildman–Crippen LogP) is 5.94. The SMILES string of the molecule is C/C=C\C1=C(CC)Oc2cccc3c2B1c1ccc2sc4ccccc4c2c1O3. The van der Waals surface area contributed by atoms with E-state index in [0.29, 0.717) is 0 Å². The smallest absolute Gasteiger partial charge is 0.260 e. The van der Waals surface area contributed by atoms with Crippen molar-refractivity contribution in [3.63, 3.8) is 0 Å². The van der Waals surface area contributed by atoms with E-state index in [2.05, 4.69) is 74.5 Å². The predicted molar refractivity (Wildman–Crippen MR) is 124 cm³/mol. The molecule has 0 saturated carbocycles. The molecule has 0 saturated heterocycles. The molecule has 0 spiro atoms. The van der Waals surface area contributed by atoms with Crippen molar-refractivity contribution in [3.05, 3.63) is 78.0 Å². The standard InChI is InChI=1S/C25H19BO2S/c1-3-8-16-18(4-2)27-19-10-7-11-20-24(19)26(16)17-13-14-22-23(25(17)28-20)15-9-5-6-12-21(15)29-22/h3,5-14H,4H2,1-2H3/b8-3-. The van der Waals surface area contributed by atoms with Gasteiger partial charge in [0.1, 0.15) is 17.2 Å². The van der Waals surface area contributed by atoms with E-state index in [9.17, 15) is 0 Å². The maximum Gasteiger partial charge on any atom is 0.260 e. The van der Waals surface area contributed by atoms with Gasteiger partial charge in [-0.1, -0.05) is 49.4 Å². The Labute approximate surface area is 174 Å². The average Bonchev–Trinajstić information content (AvgIpc) is 3.14. The van der Waals surface area contributed by atoms with Crippen LogP contribution >= 0.6 is 11.3 Å². The van der Waals surface area contributed by atoms with Gasteiger partial charge in [-0.25, -0.2) is 0 Å². The van der Waals surface area contributed by atoms with Gasteiger partial charge < -0.3 is 9.47 Å². The van der Waals surface area contributed by atoms with E-state index < -0.39 is 0 Å². The summed E-state index contributed by atoms with van der Waals surface area (Å²) in [6.07, 6.45) is 5.17. The van der Waals surface area contributed by atoms with Crippen molar-refractivity contribution in [3.8, 4) is 17.2 Å². The second-order valence-corrected chi connectivity index (χ2v) is 8.58. The Morgan fingerprint density at radius 2 is 1.76 bits per heavy atom. The van der Waals surface area contributed by atoms with Crippen molar-refractivity contribution in [1.29, 1.82) is 0 Å². The molecule has 0 amide bonds. The Morgan fingerprint density at radius 1 is 0.931 bits per heavy atom. The van der Waals surface area contributed by atoms with Crippen LogP contribution in [0.4, 0.5) is 0 Å². The molecule has 4 heteroatoms. The Hall–Kier alpha value is -2.98. The lowest BCUT2D eigenvalue weighted by Crippen LogP contribution is -2.51. The first-order chi connectivity index (χ1) is 14.3. The number of hydrogen-bond donors (Lipinski definition) is 0. The number of benzene rings is 3. The first kappa shape index (κ1) is 16.9. The zero-order valence-electron chi connectivity index (χ0n) is 16.4. The largest absolute Gasteiger partial charge is 0.463 e. The van der Waals surface area contributed by atoms with Crippen LogP contribution in [0.2, 0.25) is 0 Å². The minimum atomic E-state index is 0.132. The molecule has 140 valence electrons. The third kappa shape index (κ3) is 2.30. The second-order valence-electron chi connectivity index (χ2n) is 7.49. The molecule has 0 unspecified atom stereocenters. The van der Waals surface area contributed by atoms with Crippen molar-refractivity contribution < 1.29 is 9.47 Å². The number of rotatable bonds is 2. The fourth-order valence-corrected chi connectivity index (χ4v) is 5.82. The third-order valence-corrected chi connectivity index (χ3v) is 7.03. The van der Waals surface area contributed by atoms with E-state index in [1.54, 1.807) is 0 Å². The van der Waals surface area contributed by atoms with Gasteiger partial charge in [0, 0.05) is 32.1 Å². The number of fused-ring (bicyclic) bond motifs is 6. The zero-order chi connectivity index (χ0) is 19.5. The molecule has 0 bridgehead atoms. The summed E-state index contributed by atoms with van der Waals surface area (Å²) < 4.78 is 15.4. The van der Waals surface area contributed by atoms with Crippen molar-refractivity contribution in [1.82, 2.24) is 0 Å². The fourth-order valence-electron chi connectivity index (χ4n) is 4.71. The van der Waals surface area contributed by atoms with Crippen LogP contribution in [0.25, 0.3) is 20.2 Å². The Kier molecular flexibility index (Phi) is 3.66. The molecule has 29 heavy (non-hydrogen) atoms. The molecule has 6 rings (SSSR count). The normalized spacial score (nSPS) is 14.9. The summed E-state index contributed by atoms with van der Waals surface area (Å²) >= 11 is 1.83. The van der Waals surface area contributed by atoms with Crippen LogP contribution in [0.5, 0.6) is 17.2 Å². The van der Waals surface area contributed by atoms with Crippen LogP contribution in [0.3, 0.4) is 0 Å². The lowest BCUT2D eigenvalue weighted by atomic mass is 9.34. The number of hydrogen-bond acceptors (Lipinski definition) is 3. The summed E-state index contributed by atoms with van der Waals surface area (Å²) in [5.74, 6) is 3.85. The molecular weight excluding hydrogens is 375 g/mol. The average molecular weight is 394 g/mol. The molecule has 3 heterocycles. The van der Waals surface area contributed by atoms with E-state index in [4.69, 9.17) is 9.47 Å². The van der Waals surface area contributed by atoms with Gasteiger partial charge in [-0.05, 0) is 42.1 Å². The molecule has 1 aromatic heterocycles. The summed E-state index contributed by atoms with van der Waals surface area (Å²) in [6, 6.07) is 19.3. The Balaban J connectivity index is 1.73. The monoisotopic (exact) mass is 394 g/mol. The lowest BCUT2D eigenvalue weighted by molar-refractivity contribution is 0.403. The molecule has 3 aromatic carbocycles. The van der Waals surface area contributed by atoms with Crippen molar-refractivity contribution in [2.45, 2.75) is 20.3 Å². The van der Waals surface area contributed by atoms with E-state index >= 15 is 0 Å². The van der Waals surface area contributed by atoms with E-state index in [1.807, 2.05) is 17.4 Å². The van der Waals surface area contributed by atoms with Crippen molar-refractivity contribution >= 4 is 49.1 Å². The number of ether oxygens (including phenoxy) is 2. The summed E-state index contributed by atoms with van der Waals surface area (Å²) in [6.45, 7) is 4.36. The van der Waals surface area contributed by atoms with Gasteiger partial charge in [0.2, 0.25) is 0 Å². The van der Waals surface area contributed by atoms with Gasteiger partial charge in [0.15, 0.2) is 0 Å². The minimum Gasteiger partial charge on any atom is -0.463 e. The topological polar surface area (TPSA) is 18.5 Å². The lowest BCUT2D eigenvalue weighted by Gasteiger charge is -2.33. The number of allylic oxidation sites excluding steroid dienone is 4. The molecule has 0 fully saturated rings. The molecule has 2 nitrogen and oxygen atoms in total. The Bertz CT molecular complexity index is 1360. The first-order valence-corrected chi connectivity index (χ1v) is 10.9. The molecule has 2 aliphatic heterocycles. The van der Waals surface area contributed by atoms with Gasteiger partial charge in [-0.2, -0.15) is 0 Å². The van der Waals surface area contributed by atoms with Crippen LogP contribution in [0.15, 0.2) is 78.0 Å². The second kappa shape index (κ2) is 6.26. The molecule has 4 aromatic rings. The molecule has 0 atom stereocenters. The van der Waals surface area contributed by atoms with Crippen LogP contribution in [0, 0.1) is 0 Å². The quantitative estimate of drug-likeness (QED) is 0.392. The van der Waals surface area contributed by atoms with Crippen molar-refractivity contribution in [2.75, 3.05) is 0 Å². The maximum absolute atomic E-state index is 6.58. The fraction of sp³-hybridized carbons (Fsp3) is 0.120. The highest BCUT2D eigenvalue weighted by Gasteiger charge is 2.40. The highest BCUT2D eigenvalue weighted by molar-refractivity contribution is 7.26. The third-order valence-electron chi connectivity index (χ3n) is 5.90. The molecule has 0 N–H and O–H groups in total. The van der Waals surface area contributed by atoms with E-state index in [-0.39, 0.29) is 6.71 Å². The van der Waals surface area contributed by atoms with Gasteiger partial charge in [0.25, 0.3) is 6.71 Å². The van der Waals surface area contributed by atoms with Crippen LogP contribution in [0.1, 0.15) is 20.3 Å². The van der Waals surface area contributed by atoms with Gasteiger partial charge in [-0.3, -0.25) is 0 Å². The number of thiophene rings is 1. The zero-order valence-corrected chi connectivity index (χ0v) is 17.2. The minimum absolute atomic E-state index is 0.132. The highest BCUT2D eigenvalue weighted by atomic mass is 32.1. The maximum atomic E-state index is 6.58. The van der Waals surface area contributed by atoms with Crippen LogP contribution < -0.4 is 20.4 Å². The van der Waals surface area contributed by atoms with Crippen LogP contribution in [-0.2, 0) is 0 Å². The van der Waals surface area contributed by atoms with Gasteiger partial charge >= 0.3 is 0 Å². The molecule has 2 aliphatic rings. The van der Waals surface area contributed by atoms with E-state index in [0.717, 1.165) is 34.9 Å².